The smallest absolute Gasteiger partial charge is 0.224 e. The third-order valence-electron chi connectivity index (χ3n) is 5.87. The van der Waals surface area contributed by atoms with Crippen LogP contribution >= 0.6 is 0 Å². The molecule has 4 rings (SSSR count). The van der Waals surface area contributed by atoms with Gasteiger partial charge in [-0.2, -0.15) is 0 Å². The lowest BCUT2D eigenvalue weighted by Crippen LogP contribution is -2.41. The fraction of sp³-hybridized carbons (Fsp3) is 0.320. The van der Waals surface area contributed by atoms with Crippen LogP contribution in [-0.4, -0.2) is 28.5 Å². The fourth-order valence-corrected chi connectivity index (χ4v) is 4.31. The van der Waals surface area contributed by atoms with E-state index in [0.29, 0.717) is 13.0 Å². The number of nitrogens with one attached hydrogen (secondary N) is 1. The van der Waals surface area contributed by atoms with Crippen LogP contribution in [0.2, 0.25) is 0 Å². The summed E-state index contributed by atoms with van der Waals surface area (Å²) < 4.78 is 2.16. The number of hydrogen-bond donors (Lipinski definition) is 1. The molecule has 1 aliphatic rings. The largest absolute Gasteiger partial charge is 0.354 e. The van der Waals surface area contributed by atoms with E-state index >= 15 is 0 Å². The molecule has 2 heterocycles. The number of aryl methyl sites for hydroxylation is 2. The van der Waals surface area contributed by atoms with Gasteiger partial charge in [-0.3, -0.25) is 9.69 Å². The van der Waals surface area contributed by atoms with Crippen LogP contribution < -0.4 is 5.32 Å². The molecule has 29 heavy (non-hydrogen) atoms. The zero-order valence-corrected chi connectivity index (χ0v) is 17.3. The summed E-state index contributed by atoms with van der Waals surface area (Å²) in [6, 6.07) is 21.2. The van der Waals surface area contributed by atoms with Crippen LogP contribution in [0, 0.1) is 6.92 Å². The highest BCUT2D eigenvalue weighted by atomic mass is 16.1. The molecule has 0 saturated heterocycles. The number of aromatic nitrogens is 1. The molecule has 4 nitrogen and oxygen atoms in total. The molecule has 0 spiro atoms. The zero-order valence-electron chi connectivity index (χ0n) is 17.3. The van der Waals surface area contributed by atoms with Crippen LogP contribution in [0.4, 0.5) is 0 Å². The molecule has 0 bridgehead atoms. The summed E-state index contributed by atoms with van der Waals surface area (Å²) in [5, 5.41) is 3.19. The number of carbonyl (C=O) groups excluding carboxylic acids is 1. The lowest BCUT2D eigenvalue weighted by atomic mass is 9.97. The van der Waals surface area contributed by atoms with E-state index in [-0.39, 0.29) is 11.9 Å². The van der Waals surface area contributed by atoms with Gasteiger partial charge in [0, 0.05) is 38.6 Å². The van der Waals surface area contributed by atoms with E-state index in [1.807, 2.05) is 12.1 Å². The number of hydrogen-bond acceptors (Lipinski definition) is 2. The number of nitrogens with zero attached hydrogens (tertiary/aromatic N) is 2. The van der Waals surface area contributed by atoms with Gasteiger partial charge >= 0.3 is 0 Å². The first-order chi connectivity index (χ1) is 14.1. The number of benzene rings is 2. The Labute approximate surface area is 173 Å². The highest BCUT2D eigenvalue weighted by Crippen LogP contribution is 2.27. The van der Waals surface area contributed by atoms with Crippen molar-refractivity contribution < 1.29 is 4.79 Å². The summed E-state index contributed by atoms with van der Waals surface area (Å²) >= 11 is 0. The highest BCUT2D eigenvalue weighted by Gasteiger charge is 2.26. The molecular formula is C25H29N3O. The minimum Gasteiger partial charge on any atom is -0.354 e. The van der Waals surface area contributed by atoms with Crippen molar-refractivity contribution in [3.05, 3.63) is 94.8 Å². The molecular weight excluding hydrogens is 358 g/mol. The molecule has 1 aromatic heterocycles. The van der Waals surface area contributed by atoms with Crippen molar-refractivity contribution in [2.75, 3.05) is 13.1 Å². The molecule has 0 saturated carbocycles. The molecule has 2 aromatic carbocycles. The zero-order chi connectivity index (χ0) is 20.2. The Hall–Kier alpha value is -2.85. The van der Waals surface area contributed by atoms with Crippen molar-refractivity contribution in [1.29, 1.82) is 0 Å². The molecule has 0 aliphatic carbocycles. The Balaban J connectivity index is 1.47. The van der Waals surface area contributed by atoms with E-state index in [2.05, 4.69) is 83.5 Å². The van der Waals surface area contributed by atoms with Gasteiger partial charge in [0.05, 0.1) is 12.5 Å². The van der Waals surface area contributed by atoms with Crippen molar-refractivity contribution >= 4 is 5.91 Å². The van der Waals surface area contributed by atoms with Gasteiger partial charge in [-0.05, 0) is 42.2 Å². The van der Waals surface area contributed by atoms with Crippen LogP contribution in [0.3, 0.4) is 0 Å². The monoisotopic (exact) mass is 387 g/mol. The van der Waals surface area contributed by atoms with E-state index < -0.39 is 0 Å². The molecule has 0 radical (unpaired) electrons. The van der Waals surface area contributed by atoms with Crippen LogP contribution in [0.5, 0.6) is 0 Å². The Morgan fingerprint density at radius 3 is 2.66 bits per heavy atom. The Morgan fingerprint density at radius 1 is 1.07 bits per heavy atom. The van der Waals surface area contributed by atoms with Crippen molar-refractivity contribution in [2.45, 2.75) is 32.4 Å². The summed E-state index contributed by atoms with van der Waals surface area (Å²) in [5.74, 6) is 0.0761. The maximum Gasteiger partial charge on any atom is 0.224 e. The van der Waals surface area contributed by atoms with Crippen LogP contribution in [0.15, 0.2) is 66.9 Å². The molecule has 1 atom stereocenters. The summed E-state index contributed by atoms with van der Waals surface area (Å²) in [7, 11) is 2.08. The molecule has 3 aromatic rings. The molecule has 0 fully saturated rings. The average molecular weight is 388 g/mol. The lowest BCUT2D eigenvalue weighted by molar-refractivity contribution is -0.120. The van der Waals surface area contributed by atoms with Crippen molar-refractivity contribution in [3.8, 4) is 0 Å². The summed E-state index contributed by atoms with van der Waals surface area (Å²) in [6.07, 6.45) is 3.55. The van der Waals surface area contributed by atoms with Gasteiger partial charge < -0.3 is 9.88 Å². The highest BCUT2D eigenvalue weighted by molar-refractivity contribution is 5.78. The van der Waals surface area contributed by atoms with Crippen molar-refractivity contribution in [3.63, 3.8) is 0 Å². The number of amides is 1. The molecule has 1 aliphatic heterocycles. The minimum atomic E-state index is 0.0761. The van der Waals surface area contributed by atoms with Gasteiger partial charge in [0.25, 0.3) is 0 Å². The number of carbonyl (C=O) groups is 1. The van der Waals surface area contributed by atoms with Gasteiger partial charge in [0.1, 0.15) is 0 Å². The van der Waals surface area contributed by atoms with Gasteiger partial charge in [-0.1, -0.05) is 54.1 Å². The average Bonchev–Trinajstić information content (AvgIpc) is 3.14. The first-order valence-electron chi connectivity index (χ1n) is 10.3. The van der Waals surface area contributed by atoms with E-state index in [1.54, 1.807) is 0 Å². The maximum atomic E-state index is 12.6. The third-order valence-corrected chi connectivity index (χ3v) is 5.87. The third kappa shape index (κ3) is 4.60. The first-order valence-corrected chi connectivity index (χ1v) is 10.3. The quantitative estimate of drug-likeness (QED) is 0.699. The van der Waals surface area contributed by atoms with E-state index in [1.165, 1.54) is 22.4 Å². The maximum absolute atomic E-state index is 12.6. The first kappa shape index (κ1) is 19.5. The van der Waals surface area contributed by atoms with Gasteiger partial charge in [0.15, 0.2) is 0 Å². The molecule has 150 valence electrons. The second kappa shape index (κ2) is 8.66. The normalized spacial score (nSPS) is 15.0. The predicted molar refractivity (Wildman–Crippen MR) is 117 cm³/mol. The molecule has 1 amide bonds. The second-order valence-corrected chi connectivity index (χ2v) is 8.02. The van der Waals surface area contributed by atoms with E-state index in [9.17, 15) is 4.79 Å². The Bertz CT molecular complexity index is 991. The van der Waals surface area contributed by atoms with E-state index in [0.717, 1.165) is 25.1 Å². The van der Waals surface area contributed by atoms with Crippen molar-refractivity contribution in [1.82, 2.24) is 14.8 Å². The topological polar surface area (TPSA) is 37.3 Å². The standard InChI is InChI=1S/C25H29N3O/c1-19-7-5-8-20(15-19)16-25(29)26-17-24(23-11-6-13-27(23)2)28-14-12-21-9-3-4-10-22(21)18-28/h3-11,13,15,24H,12,14,16-18H2,1-2H3,(H,26,29)/t24-/m1/s1. The molecule has 4 heteroatoms. The Morgan fingerprint density at radius 2 is 1.90 bits per heavy atom. The van der Waals surface area contributed by atoms with Crippen molar-refractivity contribution in [2.24, 2.45) is 7.05 Å². The second-order valence-electron chi connectivity index (χ2n) is 8.02. The van der Waals surface area contributed by atoms with Crippen LogP contribution in [-0.2, 0) is 31.2 Å². The predicted octanol–water partition coefficient (Wildman–Crippen LogP) is 3.79. The molecule has 0 unspecified atom stereocenters. The minimum absolute atomic E-state index is 0.0761. The number of fused-ring (bicyclic) bond motifs is 1. The van der Waals surface area contributed by atoms with Gasteiger partial charge in [0.2, 0.25) is 5.91 Å². The summed E-state index contributed by atoms with van der Waals surface area (Å²) in [6.45, 7) is 4.59. The number of rotatable bonds is 6. The lowest BCUT2D eigenvalue weighted by Gasteiger charge is -2.36. The molecule has 1 N–H and O–H groups in total. The summed E-state index contributed by atoms with van der Waals surface area (Å²) in [4.78, 5) is 15.1. The van der Waals surface area contributed by atoms with E-state index in [4.69, 9.17) is 0 Å². The SMILES string of the molecule is Cc1cccc(CC(=O)NC[C@H](c2cccn2C)N2CCc3ccccc3C2)c1. The summed E-state index contributed by atoms with van der Waals surface area (Å²) in [5.41, 5.74) is 6.32. The van der Waals surface area contributed by atoms with Gasteiger partial charge in [-0.15, -0.1) is 0 Å². The fourth-order valence-electron chi connectivity index (χ4n) is 4.31. The van der Waals surface area contributed by atoms with Crippen LogP contribution in [0.25, 0.3) is 0 Å². The van der Waals surface area contributed by atoms with Crippen LogP contribution in [0.1, 0.15) is 34.0 Å². The van der Waals surface area contributed by atoms with Gasteiger partial charge in [-0.25, -0.2) is 0 Å². The Kier molecular flexibility index (Phi) is 5.81.